The summed E-state index contributed by atoms with van der Waals surface area (Å²) in [4.78, 5) is 24.3. The fourth-order valence-corrected chi connectivity index (χ4v) is 2.10. The number of nitrogens with zero attached hydrogens (tertiary/aromatic N) is 1. The van der Waals surface area contributed by atoms with Crippen molar-refractivity contribution < 1.29 is 9.59 Å². The minimum atomic E-state index is -0.302. The van der Waals surface area contributed by atoms with Crippen LogP contribution in [-0.4, -0.2) is 55.6 Å². The molecule has 2 aliphatic heterocycles. The molecular weight excluding hydrogens is 196 g/mol. The van der Waals surface area contributed by atoms with Gasteiger partial charge in [-0.25, -0.2) is 4.79 Å². The van der Waals surface area contributed by atoms with Crippen LogP contribution in [-0.2, 0) is 4.79 Å². The zero-order valence-corrected chi connectivity index (χ0v) is 8.75. The van der Waals surface area contributed by atoms with Crippen LogP contribution in [0.15, 0.2) is 0 Å². The highest BCUT2D eigenvalue weighted by Gasteiger charge is 2.35. The van der Waals surface area contributed by atoms with Gasteiger partial charge in [-0.3, -0.25) is 10.1 Å². The summed E-state index contributed by atoms with van der Waals surface area (Å²) in [5, 5.41) is 8.87. The second kappa shape index (κ2) is 4.16. The van der Waals surface area contributed by atoms with Crippen molar-refractivity contribution in [2.75, 3.05) is 26.7 Å². The van der Waals surface area contributed by atoms with Gasteiger partial charge in [0.1, 0.15) is 0 Å². The number of hydrogen-bond donors (Lipinski definition) is 3. The highest BCUT2D eigenvalue weighted by molar-refractivity contribution is 5.97. The van der Waals surface area contributed by atoms with Crippen LogP contribution in [0, 0.1) is 0 Å². The molecule has 6 heteroatoms. The van der Waals surface area contributed by atoms with Gasteiger partial charge in [0.15, 0.2) is 0 Å². The lowest BCUT2D eigenvalue weighted by Gasteiger charge is -2.39. The summed E-state index contributed by atoms with van der Waals surface area (Å²) in [5.41, 5.74) is 0. The van der Waals surface area contributed by atoms with E-state index in [4.69, 9.17) is 0 Å². The Morgan fingerprint density at radius 3 is 2.80 bits per heavy atom. The molecule has 2 unspecified atom stereocenters. The maximum atomic E-state index is 11.4. The summed E-state index contributed by atoms with van der Waals surface area (Å²) >= 11 is 0. The van der Waals surface area contributed by atoms with E-state index in [2.05, 4.69) is 16.0 Å². The monoisotopic (exact) mass is 212 g/mol. The van der Waals surface area contributed by atoms with Crippen LogP contribution < -0.4 is 16.0 Å². The number of carbonyl (C=O) groups excluding carboxylic acids is 2. The van der Waals surface area contributed by atoms with Crippen LogP contribution in [0.2, 0.25) is 0 Å². The van der Waals surface area contributed by atoms with Gasteiger partial charge < -0.3 is 15.5 Å². The number of likely N-dealkylation sites (N-methyl/N-ethyl adjacent to an activating group) is 1. The van der Waals surface area contributed by atoms with Gasteiger partial charge in [-0.1, -0.05) is 0 Å². The van der Waals surface area contributed by atoms with Gasteiger partial charge in [-0.15, -0.1) is 0 Å². The third-order valence-corrected chi connectivity index (χ3v) is 3.00. The molecule has 2 rings (SSSR count). The number of imide groups is 1. The molecule has 2 heterocycles. The Labute approximate surface area is 88.4 Å². The minimum Gasteiger partial charge on any atom is -0.322 e. The van der Waals surface area contributed by atoms with Gasteiger partial charge in [0.2, 0.25) is 5.91 Å². The first-order valence-corrected chi connectivity index (χ1v) is 5.19. The third kappa shape index (κ3) is 2.10. The zero-order chi connectivity index (χ0) is 10.8. The Balaban J connectivity index is 2.05. The fraction of sp³-hybridized carbons (Fsp3) is 0.778. The Morgan fingerprint density at radius 1 is 1.33 bits per heavy atom. The van der Waals surface area contributed by atoms with Crippen molar-refractivity contribution in [1.29, 1.82) is 0 Å². The van der Waals surface area contributed by atoms with E-state index >= 15 is 0 Å². The minimum absolute atomic E-state index is 0.0425. The first-order chi connectivity index (χ1) is 7.18. The molecule has 0 aromatic heterocycles. The van der Waals surface area contributed by atoms with Crippen LogP contribution in [0.3, 0.4) is 0 Å². The van der Waals surface area contributed by atoms with Crippen molar-refractivity contribution in [3.8, 4) is 0 Å². The first-order valence-electron chi connectivity index (χ1n) is 5.19. The molecule has 0 spiro atoms. The number of rotatable bonds is 1. The van der Waals surface area contributed by atoms with Gasteiger partial charge in [-0.2, -0.15) is 0 Å². The summed E-state index contributed by atoms with van der Waals surface area (Å²) in [5.74, 6) is -0.185. The topological polar surface area (TPSA) is 73.5 Å². The van der Waals surface area contributed by atoms with Crippen molar-refractivity contribution >= 4 is 11.9 Å². The molecule has 2 aliphatic rings. The molecule has 0 aliphatic carbocycles. The molecule has 0 aromatic rings. The standard InChI is InChI=1S/C9H16N4O2/c1-13-7(4-8(14)12-9(13)15)6-5-10-2-3-11-6/h6-7,10-11H,2-5H2,1H3,(H,12,14,15). The predicted octanol–water partition coefficient (Wildman–Crippen LogP) is -1.51. The quantitative estimate of drug-likeness (QED) is 0.494. The second-order valence-electron chi connectivity index (χ2n) is 4.00. The van der Waals surface area contributed by atoms with E-state index in [1.807, 2.05) is 0 Å². The molecule has 2 atom stereocenters. The largest absolute Gasteiger partial charge is 0.324 e. The molecule has 6 nitrogen and oxygen atoms in total. The third-order valence-electron chi connectivity index (χ3n) is 3.00. The van der Waals surface area contributed by atoms with E-state index < -0.39 is 0 Å². The van der Waals surface area contributed by atoms with Crippen LogP contribution in [0.25, 0.3) is 0 Å². The second-order valence-corrected chi connectivity index (χ2v) is 4.00. The van der Waals surface area contributed by atoms with Crippen LogP contribution in [0.1, 0.15) is 6.42 Å². The smallest absolute Gasteiger partial charge is 0.322 e. The van der Waals surface area contributed by atoms with E-state index in [-0.39, 0.29) is 24.0 Å². The molecule has 3 N–H and O–H groups in total. The van der Waals surface area contributed by atoms with Crippen LogP contribution in [0.4, 0.5) is 4.79 Å². The maximum Gasteiger partial charge on any atom is 0.324 e. The Hall–Kier alpha value is -1.14. The molecule has 0 aromatic carbocycles. The lowest BCUT2D eigenvalue weighted by molar-refractivity contribution is -0.122. The van der Waals surface area contributed by atoms with Crippen LogP contribution in [0.5, 0.6) is 0 Å². The fourth-order valence-electron chi connectivity index (χ4n) is 2.10. The van der Waals surface area contributed by atoms with Gasteiger partial charge in [0.05, 0.1) is 6.04 Å². The van der Waals surface area contributed by atoms with Gasteiger partial charge >= 0.3 is 6.03 Å². The first kappa shape index (κ1) is 10.4. The highest BCUT2D eigenvalue weighted by Crippen LogP contribution is 2.13. The molecular formula is C9H16N4O2. The number of urea groups is 1. The molecule has 84 valence electrons. The zero-order valence-electron chi connectivity index (χ0n) is 8.75. The molecule has 0 saturated carbocycles. The van der Waals surface area contributed by atoms with E-state index in [9.17, 15) is 9.59 Å². The molecule has 0 bridgehead atoms. The van der Waals surface area contributed by atoms with Crippen molar-refractivity contribution in [3.63, 3.8) is 0 Å². The van der Waals surface area contributed by atoms with Crippen molar-refractivity contribution in [2.24, 2.45) is 0 Å². The van der Waals surface area contributed by atoms with Crippen molar-refractivity contribution in [3.05, 3.63) is 0 Å². The summed E-state index contributed by atoms with van der Waals surface area (Å²) in [6.07, 6.45) is 0.377. The summed E-state index contributed by atoms with van der Waals surface area (Å²) in [7, 11) is 1.72. The highest BCUT2D eigenvalue weighted by atomic mass is 16.2. The van der Waals surface area contributed by atoms with E-state index in [1.54, 1.807) is 11.9 Å². The molecule has 0 radical (unpaired) electrons. The Bertz CT molecular complexity index is 275. The Kier molecular flexibility index (Phi) is 2.88. The number of hydrogen-bond acceptors (Lipinski definition) is 4. The number of carbonyl (C=O) groups is 2. The SMILES string of the molecule is CN1C(=O)NC(=O)CC1C1CNCCN1. The van der Waals surface area contributed by atoms with Crippen molar-refractivity contribution in [2.45, 2.75) is 18.5 Å². The average molecular weight is 212 g/mol. The normalized spacial score (nSPS) is 32.7. The van der Waals surface area contributed by atoms with Crippen LogP contribution >= 0.6 is 0 Å². The molecule has 3 amide bonds. The average Bonchev–Trinajstić information content (AvgIpc) is 2.24. The van der Waals surface area contributed by atoms with Gasteiger partial charge in [0, 0.05) is 39.1 Å². The molecule has 2 saturated heterocycles. The summed E-state index contributed by atoms with van der Waals surface area (Å²) in [6, 6.07) is -0.179. The lowest BCUT2D eigenvalue weighted by atomic mass is 10.00. The van der Waals surface area contributed by atoms with Gasteiger partial charge in [0.25, 0.3) is 0 Å². The number of nitrogens with one attached hydrogen (secondary N) is 3. The summed E-state index contributed by atoms with van der Waals surface area (Å²) < 4.78 is 0. The lowest BCUT2D eigenvalue weighted by Crippen LogP contribution is -2.64. The maximum absolute atomic E-state index is 11.4. The molecule has 15 heavy (non-hydrogen) atoms. The molecule has 2 fully saturated rings. The van der Waals surface area contributed by atoms with Gasteiger partial charge in [-0.05, 0) is 0 Å². The Morgan fingerprint density at radius 2 is 2.13 bits per heavy atom. The number of piperazine rings is 1. The summed E-state index contributed by atoms with van der Waals surface area (Å²) in [6.45, 7) is 2.62. The van der Waals surface area contributed by atoms with E-state index in [1.165, 1.54) is 0 Å². The van der Waals surface area contributed by atoms with E-state index in [0.717, 1.165) is 19.6 Å². The van der Waals surface area contributed by atoms with Crippen molar-refractivity contribution in [1.82, 2.24) is 20.9 Å². The predicted molar refractivity (Wildman–Crippen MR) is 54.4 cm³/mol. The van der Waals surface area contributed by atoms with E-state index in [0.29, 0.717) is 6.42 Å². The number of amides is 3.